The quantitative estimate of drug-likeness (QED) is 0.663. The number of nitrogens with one attached hydrogen (secondary N) is 1. The Balaban J connectivity index is 2.01. The molecular weight excluding hydrogens is 312 g/mol. The summed E-state index contributed by atoms with van der Waals surface area (Å²) in [4.78, 5) is 16.1. The number of rotatable bonds is 5. The van der Waals surface area contributed by atoms with Gasteiger partial charge in [-0.05, 0) is 37.5 Å². The summed E-state index contributed by atoms with van der Waals surface area (Å²) >= 11 is 4.88. The van der Waals surface area contributed by atoms with Gasteiger partial charge in [0.15, 0.2) is 5.13 Å². The molecule has 0 spiro atoms. The molecule has 1 N–H and O–H groups in total. The summed E-state index contributed by atoms with van der Waals surface area (Å²) in [6, 6.07) is 6.11. The van der Waals surface area contributed by atoms with Gasteiger partial charge in [-0.25, -0.2) is 4.98 Å². The normalized spacial score (nSPS) is 10.8. The smallest absolute Gasteiger partial charge is 0.226 e. The third-order valence-electron chi connectivity index (χ3n) is 2.58. The Kier molecular flexibility index (Phi) is 4.72. The molecule has 2 aromatic rings. The Morgan fingerprint density at radius 1 is 1.44 bits per heavy atom. The summed E-state index contributed by atoms with van der Waals surface area (Å²) in [5, 5.41) is 4.50. The number of halogens is 1. The maximum Gasteiger partial charge on any atom is 0.226 e. The van der Waals surface area contributed by atoms with Crippen LogP contribution in [0.2, 0.25) is 0 Å². The van der Waals surface area contributed by atoms with Crippen LogP contribution in [0.25, 0.3) is 10.2 Å². The lowest BCUT2D eigenvalue weighted by atomic mass is 10.2. The van der Waals surface area contributed by atoms with Gasteiger partial charge in [0.05, 0.1) is 10.2 Å². The highest BCUT2D eigenvalue weighted by atomic mass is 79.9. The number of hydrogen-bond donors (Lipinski definition) is 1. The summed E-state index contributed by atoms with van der Waals surface area (Å²) < 4.78 is 1.12. The standard InChI is InChI=1S/C13H15BrN2OS/c1-9-5-6-10-11(8-9)18-13(15-10)16-12(17)4-2-3-7-14/h5-6,8H,2-4,7H2,1H3,(H,15,16,17). The van der Waals surface area contributed by atoms with Crippen molar-refractivity contribution >= 4 is 48.5 Å². The minimum absolute atomic E-state index is 0.0479. The molecule has 3 nitrogen and oxygen atoms in total. The summed E-state index contributed by atoms with van der Waals surface area (Å²) in [5.74, 6) is 0.0479. The van der Waals surface area contributed by atoms with Gasteiger partial charge >= 0.3 is 0 Å². The van der Waals surface area contributed by atoms with E-state index in [-0.39, 0.29) is 5.91 Å². The molecule has 2 rings (SSSR count). The molecule has 0 aliphatic heterocycles. The van der Waals surface area contributed by atoms with Crippen LogP contribution in [0.4, 0.5) is 5.13 Å². The van der Waals surface area contributed by atoms with Gasteiger partial charge in [0, 0.05) is 11.8 Å². The maximum atomic E-state index is 11.7. The van der Waals surface area contributed by atoms with E-state index in [2.05, 4.69) is 39.2 Å². The van der Waals surface area contributed by atoms with E-state index in [0.717, 1.165) is 28.4 Å². The molecule has 0 aliphatic carbocycles. The molecule has 0 atom stereocenters. The highest BCUT2D eigenvalue weighted by Gasteiger charge is 2.07. The highest BCUT2D eigenvalue weighted by Crippen LogP contribution is 2.26. The summed E-state index contributed by atoms with van der Waals surface area (Å²) in [5.41, 5.74) is 2.16. The average Bonchev–Trinajstić information content (AvgIpc) is 2.70. The lowest BCUT2D eigenvalue weighted by Gasteiger charge is -1.99. The average molecular weight is 327 g/mol. The number of thiazole rings is 1. The van der Waals surface area contributed by atoms with Crippen molar-refractivity contribution in [1.29, 1.82) is 0 Å². The summed E-state index contributed by atoms with van der Waals surface area (Å²) in [6.45, 7) is 2.05. The number of aromatic nitrogens is 1. The molecule has 0 bridgehead atoms. The van der Waals surface area contributed by atoms with Crippen LogP contribution in [-0.4, -0.2) is 16.2 Å². The fourth-order valence-corrected chi connectivity index (χ4v) is 3.02. The Morgan fingerprint density at radius 3 is 3.06 bits per heavy atom. The zero-order chi connectivity index (χ0) is 13.0. The number of hydrogen-bond acceptors (Lipinski definition) is 3. The van der Waals surface area contributed by atoms with E-state index in [0.29, 0.717) is 11.6 Å². The predicted octanol–water partition coefficient (Wildman–Crippen LogP) is 4.11. The van der Waals surface area contributed by atoms with Gasteiger partial charge in [-0.3, -0.25) is 4.79 Å². The number of aryl methyl sites for hydroxylation is 1. The van der Waals surface area contributed by atoms with E-state index < -0.39 is 0 Å². The van der Waals surface area contributed by atoms with Gasteiger partial charge in [0.1, 0.15) is 0 Å². The van der Waals surface area contributed by atoms with Crippen LogP contribution in [0.3, 0.4) is 0 Å². The number of alkyl halides is 1. The van der Waals surface area contributed by atoms with Gasteiger partial charge in [0.2, 0.25) is 5.91 Å². The van der Waals surface area contributed by atoms with Crippen molar-refractivity contribution in [2.24, 2.45) is 0 Å². The lowest BCUT2D eigenvalue weighted by Crippen LogP contribution is -2.10. The van der Waals surface area contributed by atoms with Crippen molar-refractivity contribution in [2.75, 3.05) is 10.6 Å². The number of carbonyl (C=O) groups is 1. The largest absolute Gasteiger partial charge is 0.302 e. The van der Waals surface area contributed by atoms with E-state index >= 15 is 0 Å². The zero-order valence-corrected chi connectivity index (χ0v) is 12.6. The maximum absolute atomic E-state index is 11.7. The van der Waals surface area contributed by atoms with Crippen molar-refractivity contribution in [3.05, 3.63) is 23.8 Å². The first kappa shape index (κ1) is 13.5. The minimum Gasteiger partial charge on any atom is -0.302 e. The van der Waals surface area contributed by atoms with Crippen molar-refractivity contribution < 1.29 is 4.79 Å². The third-order valence-corrected chi connectivity index (χ3v) is 4.07. The van der Waals surface area contributed by atoms with Crippen LogP contribution >= 0.6 is 27.3 Å². The number of amides is 1. The highest BCUT2D eigenvalue weighted by molar-refractivity contribution is 9.09. The van der Waals surface area contributed by atoms with Crippen molar-refractivity contribution in [2.45, 2.75) is 26.2 Å². The molecule has 0 saturated heterocycles. The number of carbonyl (C=O) groups excluding carboxylic acids is 1. The number of fused-ring (bicyclic) bond motifs is 1. The Morgan fingerprint density at radius 2 is 2.28 bits per heavy atom. The van der Waals surface area contributed by atoms with Crippen LogP contribution in [0.5, 0.6) is 0 Å². The van der Waals surface area contributed by atoms with Crippen LogP contribution < -0.4 is 5.32 Å². The SMILES string of the molecule is Cc1ccc2nc(NC(=O)CCCCBr)sc2c1. The number of benzene rings is 1. The second-order valence-corrected chi connectivity index (χ2v) is 6.01. The first-order valence-corrected chi connectivity index (χ1v) is 7.86. The molecule has 0 fully saturated rings. The van der Waals surface area contributed by atoms with Gasteiger partial charge in [0.25, 0.3) is 0 Å². The van der Waals surface area contributed by atoms with Crippen LogP contribution in [-0.2, 0) is 4.79 Å². The number of unbranched alkanes of at least 4 members (excludes halogenated alkanes) is 1. The number of anilines is 1. The lowest BCUT2D eigenvalue weighted by molar-refractivity contribution is -0.116. The molecular formula is C13H15BrN2OS. The van der Waals surface area contributed by atoms with Gasteiger partial charge in [-0.15, -0.1) is 0 Å². The van der Waals surface area contributed by atoms with Gasteiger partial charge in [-0.1, -0.05) is 33.3 Å². The fourth-order valence-electron chi connectivity index (χ4n) is 1.65. The third kappa shape index (κ3) is 3.53. The fraction of sp³-hybridized carbons (Fsp3) is 0.385. The number of nitrogens with zero attached hydrogens (tertiary/aromatic N) is 1. The molecule has 0 unspecified atom stereocenters. The van der Waals surface area contributed by atoms with Crippen LogP contribution in [0.1, 0.15) is 24.8 Å². The van der Waals surface area contributed by atoms with E-state index in [1.165, 1.54) is 16.9 Å². The minimum atomic E-state index is 0.0479. The molecule has 0 radical (unpaired) electrons. The Hall–Kier alpha value is -0.940. The van der Waals surface area contributed by atoms with Gasteiger partial charge < -0.3 is 5.32 Å². The molecule has 5 heteroatoms. The monoisotopic (exact) mass is 326 g/mol. The Bertz CT molecular complexity index is 553. The molecule has 1 amide bonds. The second-order valence-electron chi connectivity index (χ2n) is 4.18. The van der Waals surface area contributed by atoms with Crippen molar-refractivity contribution in [1.82, 2.24) is 4.98 Å². The molecule has 1 aromatic heterocycles. The van der Waals surface area contributed by atoms with E-state index in [1.54, 1.807) is 0 Å². The molecule has 1 heterocycles. The molecule has 18 heavy (non-hydrogen) atoms. The topological polar surface area (TPSA) is 42.0 Å². The van der Waals surface area contributed by atoms with Gasteiger partial charge in [-0.2, -0.15) is 0 Å². The van der Waals surface area contributed by atoms with E-state index in [1.807, 2.05) is 12.1 Å². The first-order chi connectivity index (χ1) is 8.69. The van der Waals surface area contributed by atoms with Crippen molar-refractivity contribution in [3.8, 4) is 0 Å². The Labute approximate surface area is 119 Å². The summed E-state index contributed by atoms with van der Waals surface area (Å²) in [7, 11) is 0. The molecule has 0 saturated carbocycles. The van der Waals surface area contributed by atoms with Crippen molar-refractivity contribution in [3.63, 3.8) is 0 Å². The van der Waals surface area contributed by atoms with Crippen LogP contribution in [0.15, 0.2) is 18.2 Å². The van der Waals surface area contributed by atoms with Crippen LogP contribution in [0, 0.1) is 6.92 Å². The molecule has 1 aromatic carbocycles. The predicted molar refractivity (Wildman–Crippen MR) is 80.6 cm³/mol. The second kappa shape index (κ2) is 6.29. The van der Waals surface area contributed by atoms with E-state index in [9.17, 15) is 4.79 Å². The first-order valence-electron chi connectivity index (χ1n) is 5.92. The zero-order valence-electron chi connectivity index (χ0n) is 10.2. The molecule has 96 valence electrons. The van der Waals surface area contributed by atoms with E-state index in [4.69, 9.17) is 0 Å². The summed E-state index contributed by atoms with van der Waals surface area (Å²) in [6.07, 6.45) is 2.48. The molecule has 0 aliphatic rings.